The number of anilines is 1. The number of benzene rings is 1. The summed E-state index contributed by atoms with van der Waals surface area (Å²) in [5.74, 6) is 0. The third-order valence-electron chi connectivity index (χ3n) is 2.58. The molecule has 0 atom stereocenters. The van der Waals surface area contributed by atoms with Crippen LogP contribution in [0.2, 0.25) is 0 Å². The van der Waals surface area contributed by atoms with Gasteiger partial charge < -0.3 is 5.32 Å². The lowest BCUT2D eigenvalue weighted by atomic mass is 10.1. The topological polar surface area (TPSA) is 12.0 Å². The first-order valence-electron chi connectivity index (χ1n) is 5.41. The normalized spacial score (nSPS) is 11.9. The lowest BCUT2D eigenvalue weighted by molar-refractivity contribution is -0.137. The molecule has 1 rings (SSSR count). The van der Waals surface area contributed by atoms with Crippen molar-refractivity contribution in [3.63, 3.8) is 0 Å². The fourth-order valence-corrected chi connectivity index (χ4v) is 1.57. The zero-order chi connectivity index (χ0) is 12.2. The van der Waals surface area contributed by atoms with E-state index in [-0.39, 0.29) is 11.7 Å². The summed E-state index contributed by atoms with van der Waals surface area (Å²) in [6.07, 6.45) is -2.68. The molecule has 0 aliphatic rings. The van der Waals surface area contributed by atoms with Gasteiger partial charge in [0.25, 0.3) is 0 Å². The smallest absolute Gasteiger partial charge is 0.382 e. The third kappa shape index (κ3) is 3.15. The molecule has 0 spiro atoms. The minimum absolute atomic E-state index is 0.0866. The Morgan fingerprint density at radius 1 is 1.12 bits per heavy atom. The van der Waals surface area contributed by atoms with E-state index in [4.69, 9.17) is 0 Å². The second-order valence-corrected chi connectivity index (χ2v) is 3.70. The second kappa shape index (κ2) is 5.23. The van der Waals surface area contributed by atoms with E-state index in [0.717, 1.165) is 18.9 Å². The number of nitrogens with one attached hydrogen (secondary N) is 1. The number of hydrogen-bond donors (Lipinski definition) is 1. The quantitative estimate of drug-likeness (QED) is 0.814. The fraction of sp³-hybridized carbons (Fsp3) is 0.500. The van der Waals surface area contributed by atoms with Gasteiger partial charge in [0.2, 0.25) is 0 Å². The molecule has 16 heavy (non-hydrogen) atoms. The van der Waals surface area contributed by atoms with Crippen LogP contribution in [0.3, 0.4) is 0 Å². The van der Waals surface area contributed by atoms with Crippen LogP contribution < -0.4 is 5.32 Å². The van der Waals surface area contributed by atoms with Crippen molar-refractivity contribution in [3.8, 4) is 0 Å². The summed E-state index contributed by atoms with van der Waals surface area (Å²) in [7, 11) is 0. The second-order valence-electron chi connectivity index (χ2n) is 3.70. The molecule has 0 heterocycles. The van der Waals surface area contributed by atoms with E-state index >= 15 is 0 Å². The van der Waals surface area contributed by atoms with Crippen LogP contribution >= 0.6 is 0 Å². The Morgan fingerprint density at radius 2 is 1.69 bits per heavy atom. The molecule has 90 valence electrons. The molecule has 1 aromatic carbocycles. The van der Waals surface area contributed by atoms with Gasteiger partial charge in [0, 0.05) is 11.7 Å². The maximum absolute atomic E-state index is 12.7. The molecule has 0 saturated heterocycles. The Kier molecular flexibility index (Phi) is 4.21. The van der Waals surface area contributed by atoms with E-state index in [0.29, 0.717) is 0 Å². The summed E-state index contributed by atoms with van der Waals surface area (Å²) < 4.78 is 38.0. The summed E-state index contributed by atoms with van der Waals surface area (Å²) >= 11 is 0. The first-order chi connectivity index (χ1) is 7.49. The molecule has 0 aliphatic heterocycles. The molecular formula is C12H16F3N. The van der Waals surface area contributed by atoms with Gasteiger partial charge in [-0.2, -0.15) is 13.2 Å². The number of hydrogen-bond acceptors (Lipinski definition) is 1. The Labute approximate surface area is 93.7 Å². The highest BCUT2D eigenvalue weighted by atomic mass is 19.4. The molecule has 4 heteroatoms. The Hall–Kier alpha value is -1.19. The van der Waals surface area contributed by atoms with Crippen LogP contribution in [0.5, 0.6) is 0 Å². The van der Waals surface area contributed by atoms with E-state index in [1.165, 1.54) is 12.1 Å². The molecule has 0 fully saturated rings. The zero-order valence-electron chi connectivity index (χ0n) is 9.43. The number of halogens is 3. The van der Waals surface area contributed by atoms with Gasteiger partial charge >= 0.3 is 6.18 Å². The number of alkyl halides is 3. The predicted molar refractivity (Wildman–Crippen MR) is 59.4 cm³/mol. The van der Waals surface area contributed by atoms with Crippen LogP contribution in [0.15, 0.2) is 24.3 Å². The highest BCUT2D eigenvalue weighted by Gasteiger charge is 2.33. The van der Waals surface area contributed by atoms with Gasteiger partial charge in [-0.15, -0.1) is 0 Å². The van der Waals surface area contributed by atoms with Gasteiger partial charge in [0.1, 0.15) is 0 Å². The van der Waals surface area contributed by atoms with Crippen LogP contribution in [0.1, 0.15) is 32.3 Å². The summed E-state index contributed by atoms with van der Waals surface area (Å²) in [6.45, 7) is 3.91. The molecule has 1 nitrogen and oxygen atoms in total. The van der Waals surface area contributed by atoms with E-state index < -0.39 is 11.7 Å². The zero-order valence-corrected chi connectivity index (χ0v) is 9.43. The van der Waals surface area contributed by atoms with Gasteiger partial charge in [-0.3, -0.25) is 0 Å². The molecule has 0 aromatic heterocycles. The Bertz CT molecular complexity index is 329. The van der Waals surface area contributed by atoms with Crippen molar-refractivity contribution in [2.75, 3.05) is 5.32 Å². The summed E-state index contributed by atoms with van der Waals surface area (Å²) in [5, 5.41) is 2.93. The van der Waals surface area contributed by atoms with Crippen LogP contribution in [0.25, 0.3) is 0 Å². The average Bonchev–Trinajstić information content (AvgIpc) is 2.25. The van der Waals surface area contributed by atoms with E-state index in [1.54, 1.807) is 6.07 Å². The van der Waals surface area contributed by atoms with Gasteiger partial charge in [-0.1, -0.05) is 26.0 Å². The van der Waals surface area contributed by atoms with E-state index in [9.17, 15) is 13.2 Å². The molecular weight excluding hydrogens is 215 g/mol. The summed E-state index contributed by atoms with van der Waals surface area (Å²) in [6, 6.07) is 5.68. The van der Waals surface area contributed by atoms with Crippen molar-refractivity contribution < 1.29 is 13.2 Å². The SMILES string of the molecule is CCC(CC)Nc1ccccc1C(F)(F)F. The first-order valence-corrected chi connectivity index (χ1v) is 5.41. The average molecular weight is 231 g/mol. The van der Waals surface area contributed by atoms with Crippen LogP contribution in [0.4, 0.5) is 18.9 Å². The molecule has 1 aromatic rings. The molecule has 0 unspecified atom stereocenters. The molecule has 0 amide bonds. The van der Waals surface area contributed by atoms with E-state index in [2.05, 4.69) is 5.32 Å². The molecule has 0 bridgehead atoms. The van der Waals surface area contributed by atoms with Crippen molar-refractivity contribution in [2.45, 2.75) is 38.9 Å². The molecule has 0 radical (unpaired) electrons. The van der Waals surface area contributed by atoms with Crippen molar-refractivity contribution in [1.29, 1.82) is 0 Å². The van der Waals surface area contributed by atoms with Crippen LogP contribution in [-0.2, 0) is 6.18 Å². The summed E-state index contributed by atoms with van der Waals surface area (Å²) in [4.78, 5) is 0. The largest absolute Gasteiger partial charge is 0.418 e. The van der Waals surface area contributed by atoms with Crippen molar-refractivity contribution in [2.24, 2.45) is 0 Å². The lowest BCUT2D eigenvalue weighted by Gasteiger charge is -2.20. The van der Waals surface area contributed by atoms with Gasteiger partial charge in [-0.25, -0.2) is 0 Å². The van der Waals surface area contributed by atoms with Gasteiger partial charge in [0.15, 0.2) is 0 Å². The molecule has 1 N–H and O–H groups in total. The Morgan fingerprint density at radius 3 is 2.19 bits per heavy atom. The standard InChI is InChI=1S/C12H16F3N/c1-3-9(4-2)16-11-8-6-5-7-10(11)12(13,14)15/h5-9,16H,3-4H2,1-2H3. The third-order valence-corrected chi connectivity index (χ3v) is 2.58. The monoisotopic (exact) mass is 231 g/mol. The molecule has 0 saturated carbocycles. The minimum atomic E-state index is -4.30. The fourth-order valence-electron chi connectivity index (χ4n) is 1.57. The highest BCUT2D eigenvalue weighted by molar-refractivity contribution is 5.53. The van der Waals surface area contributed by atoms with Crippen molar-refractivity contribution >= 4 is 5.69 Å². The maximum atomic E-state index is 12.7. The van der Waals surface area contributed by atoms with Gasteiger partial charge in [0.05, 0.1) is 5.56 Å². The minimum Gasteiger partial charge on any atom is -0.382 e. The number of rotatable bonds is 4. The summed E-state index contributed by atoms with van der Waals surface area (Å²) in [5.41, 5.74) is -0.425. The van der Waals surface area contributed by atoms with Gasteiger partial charge in [-0.05, 0) is 25.0 Å². The molecule has 0 aliphatic carbocycles. The highest BCUT2D eigenvalue weighted by Crippen LogP contribution is 2.35. The number of para-hydroxylation sites is 1. The predicted octanol–water partition coefficient (Wildman–Crippen LogP) is 4.31. The lowest BCUT2D eigenvalue weighted by Crippen LogP contribution is -2.20. The van der Waals surface area contributed by atoms with E-state index in [1.807, 2.05) is 13.8 Å². The Balaban J connectivity index is 2.95. The first kappa shape index (κ1) is 12.9. The maximum Gasteiger partial charge on any atom is 0.418 e. The van der Waals surface area contributed by atoms with Crippen molar-refractivity contribution in [3.05, 3.63) is 29.8 Å². The van der Waals surface area contributed by atoms with Crippen LogP contribution in [0, 0.1) is 0 Å². The van der Waals surface area contributed by atoms with Crippen LogP contribution in [-0.4, -0.2) is 6.04 Å². The van der Waals surface area contributed by atoms with Crippen molar-refractivity contribution in [1.82, 2.24) is 0 Å².